The number of carbonyl (C=O) groups is 2. The minimum Gasteiger partial charge on any atom is -0.497 e. The minimum atomic E-state index is -0.318. The highest BCUT2D eigenvalue weighted by Crippen LogP contribution is 2.31. The Morgan fingerprint density at radius 1 is 1.00 bits per heavy atom. The highest BCUT2D eigenvalue weighted by molar-refractivity contribution is 6.00. The van der Waals surface area contributed by atoms with E-state index in [4.69, 9.17) is 14.2 Å². The van der Waals surface area contributed by atoms with E-state index in [0.717, 1.165) is 0 Å². The molecule has 1 fully saturated rings. The van der Waals surface area contributed by atoms with Gasteiger partial charge in [-0.25, -0.2) is 4.79 Å². The fourth-order valence-electron chi connectivity index (χ4n) is 3.08. The standard InChI is InChI=1S/C20H23N3O5/c1-26-14-8-9-17(27-2)15(12-14)21-19(24)13-22-10-11-23(20(22)25)16-6-4-5-7-18(16)28-3/h4-9,12H,10-11,13H2,1-3H3,(H,21,24). The second-order valence-electron chi connectivity index (χ2n) is 6.14. The number of para-hydroxylation sites is 2. The topological polar surface area (TPSA) is 80.3 Å². The van der Waals surface area contributed by atoms with Gasteiger partial charge < -0.3 is 24.4 Å². The molecule has 1 N–H and O–H groups in total. The minimum absolute atomic E-state index is 0.0646. The number of ether oxygens (including phenoxy) is 3. The summed E-state index contributed by atoms with van der Waals surface area (Å²) in [6, 6.07) is 12.2. The molecule has 3 amide bonds. The van der Waals surface area contributed by atoms with Gasteiger partial charge in [0, 0.05) is 19.2 Å². The Labute approximate surface area is 163 Å². The van der Waals surface area contributed by atoms with Gasteiger partial charge in [-0.05, 0) is 24.3 Å². The van der Waals surface area contributed by atoms with Gasteiger partial charge in [0.05, 0.1) is 32.7 Å². The number of urea groups is 1. The van der Waals surface area contributed by atoms with E-state index in [9.17, 15) is 9.59 Å². The van der Waals surface area contributed by atoms with Crippen molar-refractivity contribution in [2.75, 3.05) is 51.2 Å². The number of amides is 3. The zero-order valence-corrected chi connectivity index (χ0v) is 16.1. The first kappa shape index (κ1) is 19.3. The zero-order valence-electron chi connectivity index (χ0n) is 16.1. The lowest BCUT2D eigenvalue weighted by molar-refractivity contribution is -0.116. The lowest BCUT2D eigenvalue weighted by atomic mass is 10.2. The van der Waals surface area contributed by atoms with Crippen molar-refractivity contribution in [3.63, 3.8) is 0 Å². The number of carbonyl (C=O) groups excluding carboxylic acids is 2. The number of anilines is 2. The summed E-state index contributed by atoms with van der Waals surface area (Å²) in [7, 11) is 4.63. The molecule has 1 saturated heterocycles. The molecule has 0 aliphatic carbocycles. The molecule has 0 atom stereocenters. The van der Waals surface area contributed by atoms with Gasteiger partial charge in [0.25, 0.3) is 0 Å². The molecule has 28 heavy (non-hydrogen) atoms. The number of benzene rings is 2. The van der Waals surface area contributed by atoms with Crippen molar-refractivity contribution in [1.82, 2.24) is 4.90 Å². The second-order valence-corrected chi connectivity index (χ2v) is 6.14. The van der Waals surface area contributed by atoms with Gasteiger partial charge in [-0.3, -0.25) is 9.69 Å². The number of nitrogens with one attached hydrogen (secondary N) is 1. The molecule has 0 radical (unpaired) electrons. The molecular weight excluding hydrogens is 362 g/mol. The third kappa shape index (κ3) is 3.95. The number of methoxy groups -OCH3 is 3. The van der Waals surface area contributed by atoms with E-state index in [-0.39, 0.29) is 18.5 Å². The van der Waals surface area contributed by atoms with Crippen LogP contribution in [0.3, 0.4) is 0 Å². The van der Waals surface area contributed by atoms with Crippen LogP contribution in [0.4, 0.5) is 16.2 Å². The Morgan fingerprint density at radius 2 is 1.75 bits per heavy atom. The first-order valence-corrected chi connectivity index (χ1v) is 8.78. The van der Waals surface area contributed by atoms with Crippen LogP contribution in [0.5, 0.6) is 17.2 Å². The molecule has 0 saturated carbocycles. The first-order valence-electron chi connectivity index (χ1n) is 8.78. The van der Waals surface area contributed by atoms with Gasteiger partial charge >= 0.3 is 6.03 Å². The molecular formula is C20H23N3O5. The molecule has 0 aromatic heterocycles. The first-order chi connectivity index (χ1) is 13.6. The molecule has 2 aromatic carbocycles. The van der Waals surface area contributed by atoms with Crippen LogP contribution >= 0.6 is 0 Å². The number of hydrogen-bond donors (Lipinski definition) is 1. The lowest BCUT2D eigenvalue weighted by Crippen LogP contribution is -2.37. The fraction of sp³-hybridized carbons (Fsp3) is 0.300. The van der Waals surface area contributed by atoms with Crippen molar-refractivity contribution in [3.8, 4) is 17.2 Å². The summed E-state index contributed by atoms with van der Waals surface area (Å²) < 4.78 is 15.8. The molecule has 0 spiro atoms. The molecule has 3 rings (SSSR count). The van der Waals surface area contributed by atoms with Gasteiger partial charge in [0.15, 0.2) is 0 Å². The summed E-state index contributed by atoms with van der Waals surface area (Å²) in [5.41, 5.74) is 1.17. The van der Waals surface area contributed by atoms with E-state index < -0.39 is 0 Å². The van der Waals surface area contributed by atoms with Crippen LogP contribution in [0.1, 0.15) is 0 Å². The Balaban J connectivity index is 1.68. The van der Waals surface area contributed by atoms with Crippen molar-refractivity contribution in [1.29, 1.82) is 0 Å². The van der Waals surface area contributed by atoms with E-state index in [1.54, 1.807) is 43.4 Å². The lowest BCUT2D eigenvalue weighted by Gasteiger charge is -2.20. The highest BCUT2D eigenvalue weighted by atomic mass is 16.5. The van der Waals surface area contributed by atoms with Gasteiger partial charge in [-0.15, -0.1) is 0 Å². The summed E-state index contributed by atoms with van der Waals surface area (Å²) in [6.07, 6.45) is 0. The summed E-state index contributed by atoms with van der Waals surface area (Å²) in [5, 5.41) is 2.78. The maximum atomic E-state index is 12.8. The van der Waals surface area contributed by atoms with Crippen molar-refractivity contribution < 1.29 is 23.8 Å². The molecule has 2 aromatic rings. The Hall–Kier alpha value is -3.42. The molecule has 8 nitrogen and oxygen atoms in total. The predicted octanol–water partition coefficient (Wildman–Crippen LogP) is 2.59. The van der Waals surface area contributed by atoms with E-state index >= 15 is 0 Å². The molecule has 1 aliphatic heterocycles. The van der Waals surface area contributed by atoms with E-state index in [0.29, 0.717) is 41.7 Å². The Morgan fingerprint density at radius 3 is 2.46 bits per heavy atom. The summed E-state index contributed by atoms with van der Waals surface area (Å²) in [5.74, 6) is 1.40. The van der Waals surface area contributed by atoms with Crippen LogP contribution in [0, 0.1) is 0 Å². The van der Waals surface area contributed by atoms with Gasteiger partial charge in [-0.1, -0.05) is 12.1 Å². The van der Waals surface area contributed by atoms with Crippen LogP contribution in [0.2, 0.25) is 0 Å². The largest absolute Gasteiger partial charge is 0.497 e. The predicted molar refractivity (Wildman–Crippen MR) is 105 cm³/mol. The van der Waals surface area contributed by atoms with Gasteiger partial charge in [0.1, 0.15) is 23.8 Å². The van der Waals surface area contributed by atoms with Crippen LogP contribution < -0.4 is 24.4 Å². The molecule has 0 unspecified atom stereocenters. The maximum absolute atomic E-state index is 12.8. The monoisotopic (exact) mass is 385 g/mol. The third-order valence-electron chi connectivity index (χ3n) is 4.49. The van der Waals surface area contributed by atoms with Crippen molar-refractivity contribution >= 4 is 23.3 Å². The van der Waals surface area contributed by atoms with E-state index in [2.05, 4.69) is 5.32 Å². The third-order valence-corrected chi connectivity index (χ3v) is 4.49. The normalized spacial score (nSPS) is 13.5. The van der Waals surface area contributed by atoms with E-state index in [1.807, 2.05) is 18.2 Å². The number of nitrogens with zero attached hydrogens (tertiary/aromatic N) is 2. The average molecular weight is 385 g/mol. The molecule has 0 bridgehead atoms. The summed E-state index contributed by atoms with van der Waals surface area (Å²) >= 11 is 0. The smallest absolute Gasteiger partial charge is 0.325 e. The maximum Gasteiger partial charge on any atom is 0.325 e. The van der Waals surface area contributed by atoms with E-state index in [1.165, 1.54) is 12.0 Å². The quantitative estimate of drug-likeness (QED) is 0.792. The van der Waals surface area contributed by atoms with Crippen molar-refractivity contribution in [2.24, 2.45) is 0 Å². The van der Waals surface area contributed by atoms with Crippen molar-refractivity contribution in [2.45, 2.75) is 0 Å². The highest BCUT2D eigenvalue weighted by Gasteiger charge is 2.32. The summed E-state index contributed by atoms with van der Waals surface area (Å²) in [4.78, 5) is 28.4. The second kappa shape index (κ2) is 8.51. The van der Waals surface area contributed by atoms with Crippen LogP contribution in [-0.2, 0) is 4.79 Å². The SMILES string of the molecule is COc1ccc(OC)c(NC(=O)CN2CCN(c3ccccc3OC)C2=O)c1. The van der Waals surface area contributed by atoms with Gasteiger partial charge in [-0.2, -0.15) is 0 Å². The zero-order chi connectivity index (χ0) is 20.1. The molecule has 148 valence electrons. The van der Waals surface area contributed by atoms with Crippen molar-refractivity contribution in [3.05, 3.63) is 42.5 Å². The fourth-order valence-corrected chi connectivity index (χ4v) is 3.08. The van der Waals surface area contributed by atoms with Gasteiger partial charge in [0.2, 0.25) is 5.91 Å². The van der Waals surface area contributed by atoms with Crippen LogP contribution in [0.15, 0.2) is 42.5 Å². The Bertz CT molecular complexity index is 871. The Kier molecular flexibility index (Phi) is 5.88. The summed E-state index contributed by atoms with van der Waals surface area (Å²) in [6.45, 7) is 0.860. The van der Waals surface area contributed by atoms with Crippen LogP contribution in [-0.4, -0.2) is 57.8 Å². The number of hydrogen-bond acceptors (Lipinski definition) is 5. The molecule has 1 aliphatic rings. The number of rotatable bonds is 7. The molecule has 1 heterocycles. The average Bonchev–Trinajstić information content (AvgIpc) is 3.07. The van der Waals surface area contributed by atoms with Crippen LogP contribution in [0.25, 0.3) is 0 Å². The molecule has 8 heteroatoms.